The van der Waals surface area contributed by atoms with Crippen LogP contribution in [0.4, 0.5) is 0 Å². The lowest BCUT2D eigenvalue weighted by atomic mass is 10.4. The molecule has 1 aliphatic heterocycles. The van der Waals surface area contributed by atoms with Gasteiger partial charge in [0.15, 0.2) is 0 Å². The van der Waals surface area contributed by atoms with Gasteiger partial charge in [0.05, 0.1) is 0 Å². The van der Waals surface area contributed by atoms with E-state index < -0.39 is 0 Å². The number of rotatable bonds is 0. The van der Waals surface area contributed by atoms with Crippen molar-refractivity contribution in [2.75, 3.05) is 6.79 Å². The summed E-state index contributed by atoms with van der Waals surface area (Å²) < 4.78 is 14.8. The van der Waals surface area contributed by atoms with Gasteiger partial charge in [-0.05, 0) is 6.92 Å². The molecule has 0 bridgehead atoms. The molecule has 0 saturated carbocycles. The second-order valence-electron chi connectivity index (χ2n) is 2.24. The van der Waals surface area contributed by atoms with Crippen molar-refractivity contribution in [3.05, 3.63) is 22.0 Å². The fourth-order valence-electron chi connectivity index (χ4n) is 0.940. The molecule has 0 spiro atoms. The van der Waals surface area contributed by atoms with Crippen LogP contribution in [0.5, 0.6) is 11.7 Å². The van der Waals surface area contributed by atoms with Crippen LogP contribution in [0.15, 0.2) is 15.3 Å². The molecule has 0 aromatic carbocycles. The predicted molar refractivity (Wildman–Crippen MR) is 35.8 cm³/mol. The highest BCUT2D eigenvalue weighted by Crippen LogP contribution is 2.28. The molecule has 58 valence electrons. The number of hydrogen-bond acceptors (Lipinski definition) is 4. The number of hydrogen-bond donors (Lipinski definition) is 0. The molecule has 2 heterocycles. The van der Waals surface area contributed by atoms with E-state index in [2.05, 4.69) is 0 Å². The van der Waals surface area contributed by atoms with Crippen molar-refractivity contribution < 1.29 is 13.9 Å². The minimum Gasteiger partial charge on any atom is -0.446 e. The molecule has 0 radical (unpaired) electrons. The molecular formula is C7H6O4. The zero-order valence-electron chi connectivity index (χ0n) is 5.92. The molecule has 0 amide bonds. The Morgan fingerprint density at radius 2 is 2.27 bits per heavy atom. The SMILES string of the molecule is Cc1cc(=O)c2c(o1)OCO2. The summed E-state index contributed by atoms with van der Waals surface area (Å²) in [4.78, 5) is 11.1. The third-order valence-electron chi connectivity index (χ3n) is 1.39. The van der Waals surface area contributed by atoms with Gasteiger partial charge < -0.3 is 13.9 Å². The highest BCUT2D eigenvalue weighted by Gasteiger charge is 2.19. The Kier molecular flexibility index (Phi) is 1.15. The van der Waals surface area contributed by atoms with Gasteiger partial charge in [-0.2, -0.15) is 0 Å². The van der Waals surface area contributed by atoms with Gasteiger partial charge >= 0.3 is 5.95 Å². The highest BCUT2D eigenvalue weighted by molar-refractivity contribution is 5.33. The van der Waals surface area contributed by atoms with Gasteiger partial charge in [-0.1, -0.05) is 0 Å². The van der Waals surface area contributed by atoms with Crippen LogP contribution in [-0.2, 0) is 0 Å². The zero-order chi connectivity index (χ0) is 7.84. The Morgan fingerprint density at radius 1 is 1.45 bits per heavy atom. The second-order valence-corrected chi connectivity index (χ2v) is 2.24. The smallest absolute Gasteiger partial charge is 0.336 e. The van der Waals surface area contributed by atoms with Crippen LogP contribution in [0.2, 0.25) is 0 Å². The molecule has 11 heavy (non-hydrogen) atoms. The van der Waals surface area contributed by atoms with Crippen LogP contribution in [0.25, 0.3) is 0 Å². The Morgan fingerprint density at radius 3 is 3.09 bits per heavy atom. The Labute approximate surface area is 62.3 Å². The molecule has 1 aliphatic rings. The van der Waals surface area contributed by atoms with Gasteiger partial charge in [0, 0.05) is 6.07 Å². The summed E-state index contributed by atoms with van der Waals surface area (Å²) in [5.41, 5.74) is -0.193. The van der Waals surface area contributed by atoms with E-state index in [-0.39, 0.29) is 23.9 Å². The molecule has 0 N–H and O–H groups in total. The number of aryl methyl sites for hydroxylation is 1. The summed E-state index contributed by atoms with van der Waals surface area (Å²) in [5, 5.41) is 0. The first kappa shape index (κ1) is 6.27. The van der Waals surface area contributed by atoms with Crippen molar-refractivity contribution in [3.63, 3.8) is 0 Å². The van der Waals surface area contributed by atoms with E-state index in [0.717, 1.165) is 0 Å². The average molecular weight is 154 g/mol. The maximum atomic E-state index is 11.1. The summed E-state index contributed by atoms with van der Waals surface area (Å²) >= 11 is 0. The topological polar surface area (TPSA) is 48.7 Å². The minimum atomic E-state index is -0.193. The van der Waals surface area contributed by atoms with Crippen molar-refractivity contribution in [1.29, 1.82) is 0 Å². The highest BCUT2D eigenvalue weighted by atomic mass is 16.7. The van der Waals surface area contributed by atoms with Gasteiger partial charge in [0.2, 0.25) is 12.2 Å². The van der Waals surface area contributed by atoms with E-state index in [9.17, 15) is 4.79 Å². The van der Waals surface area contributed by atoms with E-state index in [0.29, 0.717) is 5.76 Å². The second kappa shape index (κ2) is 2.02. The summed E-state index contributed by atoms with van der Waals surface area (Å²) in [7, 11) is 0. The standard InChI is InChI=1S/C7H6O4/c1-4-2-5(8)6-7(11-4)10-3-9-6/h2H,3H2,1H3. The van der Waals surface area contributed by atoms with E-state index in [1.165, 1.54) is 6.07 Å². The third kappa shape index (κ3) is 0.869. The average Bonchev–Trinajstić information content (AvgIpc) is 2.34. The number of fused-ring (bicyclic) bond motifs is 1. The van der Waals surface area contributed by atoms with Gasteiger partial charge in [0.1, 0.15) is 5.76 Å². The van der Waals surface area contributed by atoms with Gasteiger partial charge in [-0.25, -0.2) is 0 Å². The zero-order valence-corrected chi connectivity index (χ0v) is 5.92. The van der Waals surface area contributed by atoms with Crippen LogP contribution in [0.1, 0.15) is 5.76 Å². The van der Waals surface area contributed by atoms with Gasteiger partial charge in [-0.3, -0.25) is 4.79 Å². The van der Waals surface area contributed by atoms with E-state index >= 15 is 0 Å². The van der Waals surface area contributed by atoms with Crippen LogP contribution < -0.4 is 14.9 Å². The summed E-state index contributed by atoms with van der Waals surface area (Å²) in [6, 6.07) is 1.37. The molecule has 0 saturated heterocycles. The normalized spacial score (nSPS) is 13.5. The molecule has 0 aliphatic carbocycles. The first-order chi connectivity index (χ1) is 5.27. The lowest BCUT2D eigenvalue weighted by molar-refractivity contribution is 0.152. The quantitative estimate of drug-likeness (QED) is 0.551. The third-order valence-corrected chi connectivity index (χ3v) is 1.39. The van der Waals surface area contributed by atoms with E-state index in [4.69, 9.17) is 13.9 Å². The van der Waals surface area contributed by atoms with Crippen molar-refractivity contribution in [1.82, 2.24) is 0 Å². The van der Waals surface area contributed by atoms with E-state index in [1.54, 1.807) is 6.92 Å². The maximum absolute atomic E-state index is 11.1. The fraction of sp³-hybridized carbons (Fsp3) is 0.286. The molecular weight excluding hydrogens is 148 g/mol. The summed E-state index contributed by atoms with van der Waals surface area (Å²) in [6.45, 7) is 1.75. The Hall–Kier alpha value is -1.45. The monoisotopic (exact) mass is 154 g/mol. The molecule has 2 rings (SSSR count). The number of ether oxygens (including phenoxy) is 2. The molecule has 4 nitrogen and oxygen atoms in total. The lowest BCUT2D eigenvalue weighted by Crippen LogP contribution is -2.01. The van der Waals surface area contributed by atoms with Crippen LogP contribution in [0.3, 0.4) is 0 Å². The van der Waals surface area contributed by atoms with Crippen LogP contribution >= 0.6 is 0 Å². The molecule has 1 aromatic heterocycles. The molecule has 0 unspecified atom stereocenters. The molecule has 0 atom stereocenters. The first-order valence-corrected chi connectivity index (χ1v) is 3.18. The molecule has 0 fully saturated rings. The first-order valence-electron chi connectivity index (χ1n) is 3.18. The summed E-state index contributed by atoms with van der Waals surface area (Å²) in [5.74, 6) is 0.893. The minimum absolute atomic E-state index is 0.0670. The van der Waals surface area contributed by atoms with Gasteiger partial charge in [0.25, 0.3) is 5.75 Å². The predicted octanol–water partition coefficient (Wildman–Crippen LogP) is 0.677. The maximum Gasteiger partial charge on any atom is 0.336 e. The summed E-state index contributed by atoms with van der Waals surface area (Å²) in [6.07, 6.45) is 0. The van der Waals surface area contributed by atoms with Crippen molar-refractivity contribution in [2.45, 2.75) is 6.92 Å². The lowest BCUT2D eigenvalue weighted by Gasteiger charge is -1.93. The van der Waals surface area contributed by atoms with Crippen molar-refractivity contribution in [3.8, 4) is 11.7 Å². The Bertz CT molecular complexity index is 339. The van der Waals surface area contributed by atoms with Crippen molar-refractivity contribution >= 4 is 0 Å². The van der Waals surface area contributed by atoms with Crippen LogP contribution in [-0.4, -0.2) is 6.79 Å². The molecule has 4 heteroatoms. The van der Waals surface area contributed by atoms with Gasteiger partial charge in [-0.15, -0.1) is 0 Å². The van der Waals surface area contributed by atoms with Crippen LogP contribution in [0, 0.1) is 6.92 Å². The Balaban J connectivity index is 2.70. The van der Waals surface area contributed by atoms with E-state index in [1.807, 2.05) is 0 Å². The molecule has 1 aromatic rings. The van der Waals surface area contributed by atoms with Crippen molar-refractivity contribution in [2.24, 2.45) is 0 Å². The fourth-order valence-corrected chi connectivity index (χ4v) is 0.940. The largest absolute Gasteiger partial charge is 0.446 e.